The fraction of sp³-hybridized carbons (Fsp3) is 0.667. The van der Waals surface area contributed by atoms with Gasteiger partial charge in [-0.3, -0.25) is 0 Å². The van der Waals surface area contributed by atoms with E-state index in [4.69, 9.17) is 0 Å². The van der Waals surface area contributed by atoms with Gasteiger partial charge in [-0.05, 0) is 0 Å². The van der Waals surface area contributed by atoms with Crippen LogP contribution in [-0.4, -0.2) is 46.1 Å². The zero-order chi connectivity index (χ0) is 9.99. The van der Waals surface area contributed by atoms with Crippen LogP contribution in [0.1, 0.15) is 0 Å². The molecule has 0 saturated heterocycles. The van der Waals surface area contributed by atoms with Crippen molar-refractivity contribution in [3.63, 3.8) is 0 Å². The van der Waals surface area contributed by atoms with Crippen LogP contribution in [0, 0.1) is 0 Å². The van der Waals surface area contributed by atoms with Gasteiger partial charge < -0.3 is 8.92 Å². The molecule has 13 heavy (non-hydrogen) atoms. The van der Waals surface area contributed by atoms with Crippen molar-refractivity contribution in [2.45, 2.75) is 5.51 Å². The Kier molecular flexibility index (Phi) is 5.50. The number of rotatable bonds is 1. The van der Waals surface area contributed by atoms with Gasteiger partial charge in [0.1, 0.15) is 0 Å². The van der Waals surface area contributed by atoms with Gasteiger partial charge >= 0.3 is 40.6 Å². The van der Waals surface area contributed by atoms with Crippen LogP contribution in [0.15, 0.2) is 0 Å². The molecule has 0 aliphatic rings. The summed E-state index contributed by atoms with van der Waals surface area (Å²) in [4.78, 5) is 9.95. The maximum atomic E-state index is 11.4. The molecule has 0 aliphatic heterocycles. The zero-order valence-corrected chi connectivity index (χ0v) is 6.40. The Hall–Kier alpha value is -0.393. The molecule has 0 N–H and O–H groups in total. The third-order valence-electron chi connectivity index (χ3n) is 0.628. The standard InChI is InChI=1S/C3H3F3O5S.Li.H/c1-10-2(7)11-12(8,9)3(4,5)6;;/h1H3;;. The van der Waals surface area contributed by atoms with E-state index in [0.717, 1.165) is 0 Å². The molecular formula is C3H4F3LiO5S. The third-order valence-corrected chi connectivity index (χ3v) is 1.55. The Bertz CT molecular complexity index is 269. The van der Waals surface area contributed by atoms with E-state index in [-0.39, 0.29) is 18.9 Å². The number of carbonyl (C=O) groups excluding carboxylic acids is 1. The summed E-state index contributed by atoms with van der Waals surface area (Å²) in [6.45, 7) is 0. The van der Waals surface area contributed by atoms with Crippen LogP contribution in [0.2, 0.25) is 0 Å². The predicted octanol–water partition coefficient (Wildman–Crippen LogP) is -0.0295. The first-order chi connectivity index (χ1) is 5.20. The van der Waals surface area contributed by atoms with Crippen molar-refractivity contribution in [3.8, 4) is 0 Å². The average molecular weight is 216 g/mol. The van der Waals surface area contributed by atoms with Gasteiger partial charge in [-0.2, -0.15) is 21.6 Å². The van der Waals surface area contributed by atoms with E-state index in [2.05, 4.69) is 8.92 Å². The Morgan fingerprint density at radius 2 is 1.69 bits per heavy atom. The van der Waals surface area contributed by atoms with Crippen LogP contribution >= 0.6 is 0 Å². The summed E-state index contributed by atoms with van der Waals surface area (Å²) < 4.78 is 60.7. The molecule has 0 unspecified atom stereocenters. The molecule has 0 aromatic rings. The number of methoxy groups -OCH3 is 1. The van der Waals surface area contributed by atoms with E-state index in [1.807, 2.05) is 0 Å². The molecule has 74 valence electrons. The van der Waals surface area contributed by atoms with Gasteiger partial charge in [-0.1, -0.05) is 0 Å². The molecular weight excluding hydrogens is 212 g/mol. The van der Waals surface area contributed by atoms with E-state index >= 15 is 0 Å². The second-order valence-electron chi connectivity index (χ2n) is 1.44. The van der Waals surface area contributed by atoms with Gasteiger partial charge in [0, 0.05) is 0 Å². The number of alkyl halides is 3. The molecule has 0 heterocycles. The van der Waals surface area contributed by atoms with Gasteiger partial charge in [-0.25, -0.2) is 4.79 Å². The Morgan fingerprint density at radius 3 is 1.92 bits per heavy atom. The molecule has 0 rings (SSSR count). The van der Waals surface area contributed by atoms with Crippen molar-refractivity contribution < 1.29 is 35.3 Å². The topological polar surface area (TPSA) is 69.7 Å². The fourth-order valence-electron chi connectivity index (χ4n) is 0.171. The number of hydrogen-bond donors (Lipinski definition) is 0. The number of hydrogen-bond acceptors (Lipinski definition) is 5. The summed E-state index contributed by atoms with van der Waals surface area (Å²) in [7, 11) is -5.21. The van der Waals surface area contributed by atoms with E-state index in [9.17, 15) is 26.4 Å². The fourth-order valence-corrected chi connectivity index (χ4v) is 0.513. The van der Waals surface area contributed by atoms with Gasteiger partial charge in [0.05, 0.1) is 7.11 Å². The molecule has 0 amide bonds. The van der Waals surface area contributed by atoms with Gasteiger partial charge in [0.25, 0.3) is 0 Å². The molecule has 5 nitrogen and oxygen atoms in total. The summed E-state index contributed by atoms with van der Waals surface area (Å²) in [5.74, 6) is 0. The Balaban J connectivity index is 0. The quantitative estimate of drug-likeness (QED) is 0.266. The molecule has 0 aromatic carbocycles. The number of ether oxygens (including phenoxy) is 1. The molecule has 0 spiro atoms. The number of halogens is 3. The van der Waals surface area contributed by atoms with Crippen molar-refractivity contribution in [3.05, 3.63) is 0 Å². The second kappa shape index (κ2) is 4.74. The molecule has 0 radical (unpaired) electrons. The molecule has 0 aliphatic carbocycles. The van der Waals surface area contributed by atoms with Crippen molar-refractivity contribution in [1.82, 2.24) is 0 Å². The van der Waals surface area contributed by atoms with Crippen molar-refractivity contribution in [2.75, 3.05) is 7.11 Å². The molecule has 0 bridgehead atoms. The average Bonchev–Trinajstić information content (AvgIpc) is 1.84. The van der Waals surface area contributed by atoms with Gasteiger partial charge in [0.2, 0.25) is 0 Å². The minimum atomic E-state index is -5.88. The summed E-state index contributed by atoms with van der Waals surface area (Å²) in [5.41, 5.74) is -5.62. The SMILES string of the molecule is COC(=O)OS(=O)(=O)C(F)(F)F.[LiH]. The normalized spacial score (nSPS) is 11.4. The first kappa shape index (κ1) is 15.1. The summed E-state index contributed by atoms with van der Waals surface area (Å²) >= 11 is 0. The van der Waals surface area contributed by atoms with Crippen LogP contribution in [0.25, 0.3) is 0 Å². The van der Waals surface area contributed by atoms with Gasteiger partial charge in [-0.15, -0.1) is 0 Å². The first-order valence-electron chi connectivity index (χ1n) is 2.29. The molecule has 0 atom stereocenters. The first-order valence-corrected chi connectivity index (χ1v) is 3.70. The molecule has 0 aromatic heterocycles. The summed E-state index contributed by atoms with van der Waals surface area (Å²) in [6, 6.07) is 0. The van der Waals surface area contributed by atoms with Crippen molar-refractivity contribution >= 4 is 35.1 Å². The maximum absolute atomic E-state index is 11.4. The van der Waals surface area contributed by atoms with Crippen LogP contribution in [0.4, 0.5) is 18.0 Å². The van der Waals surface area contributed by atoms with E-state index in [1.165, 1.54) is 0 Å². The third kappa shape index (κ3) is 4.40. The van der Waals surface area contributed by atoms with E-state index in [1.54, 1.807) is 0 Å². The summed E-state index contributed by atoms with van der Waals surface area (Å²) in [5, 5.41) is 0. The number of carbonyl (C=O) groups is 1. The monoisotopic (exact) mass is 216 g/mol. The minimum absolute atomic E-state index is 0. The summed E-state index contributed by atoms with van der Waals surface area (Å²) in [6.07, 6.45) is -1.94. The van der Waals surface area contributed by atoms with Crippen LogP contribution in [-0.2, 0) is 19.0 Å². The van der Waals surface area contributed by atoms with Crippen LogP contribution in [0.3, 0.4) is 0 Å². The van der Waals surface area contributed by atoms with Crippen LogP contribution < -0.4 is 0 Å². The second-order valence-corrected chi connectivity index (χ2v) is 2.98. The van der Waals surface area contributed by atoms with Crippen LogP contribution in [0.5, 0.6) is 0 Å². The Morgan fingerprint density at radius 1 is 1.31 bits per heavy atom. The molecule has 0 fully saturated rings. The molecule has 10 heteroatoms. The molecule has 0 saturated carbocycles. The van der Waals surface area contributed by atoms with Gasteiger partial charge in [0.15, 0.2) is 0 Å². The van der Waals surface area contributed by atoms with Crippen molar-refractivity contribution in [2.24, 2.45) is 0 Å². The Labute approximate surface area is 83.5 Å². The van der Waals surface area contributed by atoms with E-state index in [0.29, 0.717) is 7.11 Å². The predicted molar refractivity (Wildman–Crippen MR) is 35.6 cm³/mol. The van der Waals surface area contributed by atoms with E-state index < -0.39 is 21.8 Å². The van der Waals surface area contributed by atoms with Crippen molar-refractivity contribution in [1.29, 1.82) is 0 Å². The zero-order valence-electron chi connectivity index (χ0n) is 5.58.